The van der Waals surface area contributed by atoms with Crippen molar-refractivity contribution in [3.05, 3.63) is 80.4 Å². The molecular formula is C21H16N4O5S. The molecule has 0 aliphatic carbocycles. The number of methoxy groups -OCH3 is 1. The molecule has 0 atom stereocenters. The molecule has 0 saturated heterocycles. The fourth-order valence-corrected chi connectivity index (χ4v) is 3.53. The first-order chi connectivity index (χ1) is 15.0. The number of para-hydroxylation sites is 1. The van der Waals surface area contributed by atoms with Crippen molar-refractivity contribution in [1.82, 2.24) is 15.2 Å². The van der Waals surface area contributed by atoms with Gasteiger partial charge >= 0.3 is 5.63 Å². The second-order valence-electron chi connectivity index (χ2n) is 6.39. The Bertz CT molecular complexity index is 1420. The van der Waals surface area contributed by atoms with E-state index in [1.54, 1.807) is 55.6 Å². The third-order valence-corrected chi connectivity index (χ3v) is 5.33. The van der Waals surface area contributed by atoms with Gasteiger partial charge in [-0.25, -0.2) is 14.9 Å². The van der Waals surface area contributed by atoms with Gasteiger partial charge in [0.2, 0.25) is 4.80 Å². The number of fused-ring (bicyclic) bond motifs is 1. The predicted octanol–water partition coefficient (Wildman–Crippen LogP) is 2.50. The van der Waals surface area contributed by atoms with E-state index in [1.807, 2.05) is 0 Å². The highest BCUT2D eigenvalue weighted by Gasteiger charge is 2.15. The van der Waals surface area contributed by atoms with E-state index >= 15 is 0 Å². The van der Waals surface area contributed by atoms with E-state index in [0.717, 1.165) is 11.3 Å². The average molecular weight is 436 g/mol. The third kappa shape index (κ3) is 4.14. The maximum Gasteiger partial charge on any atom is 0.349 e. The first kappa shape index (κ1) is 20.2. The van der Waals surface area contributed by atoms with Crippen LogP contribution in [0.25, 0.3) is 16.7 Å². The molecule has 0 aliphatic heterocycles. The zero-order valence-corrected chi connectivity index (χ0v) is 17.3. The molecule has 2 heterocycles. The lowest BCUT2D eigenvalue weighted by Gasteiger charge is -2.04. The number of hydrogen-bond acceptors (Lipinski definition) is 8. The number of nitrogens with zero attached hydrogens (tertiary/aromatic N) is 3. The van der Waals surface area contributed by atoms with Gasteiger partial charge in [0.05, 0.1) is 12.8 Å². The fraction of sp³-hybridized carbons (Fsp3) is 0.0952. The number of rotatable bonds is 5. The van der Waals surface area contributed by atoms with Crippen molar-refractivity contribution in [3.63, 3.8) is 0 Å². The average Bonchev–Trinajstić information content (AvgIpc) is 3.21. The van der Waals surface area contributed by atoms with Crippen LogP contribution in [0.3, 0.4) is 0 Å². The summed E-state index contributed by atoms with van der Waals surface area (Å²) in [5.74, 6) is -0.324. The van der Waals surface area contributed by atoms with Crippen molar-refractivity contribution in [2.75, 3.05) is 7.11 Å². The van der Waals surface area contributed by atoms with Crippen LogP contribution in [0.2, 0.25) is 0 Å². The highest BCUT2D eigenvalue weighted by molar-refractivity contribution is 7.10. The summed E-state index contributed by atoms with van der Waals surface area (Å²) in [6.07, 6.45) is 0. The summed E-state index contributed by atoms with van der Waals surface area (Å²) < 4.78 is 11.8. The Morgan fingerprint density at radius 2 is 1.90 bits per heavy atom. The predicted molar refractivity (Wildman–Crippen MR) is 114 cm³/mol. The SMILES string of the molecule is COc1ccc(-n2nc(C(C)=O)s/c2=N\NC(=O)c2cc3ccccc3oc2=O)cc1. The number of amides is 1. The molecule has 0 saturated carbocycles. The summed E-state index contributed by atoms with van der Waals surface area (Å²) in [5, 5.41) is 9.17. The van der Waals surface area contributed by atoms with Crippen LogP contribution < -0.4 is 20.6 Å². The Labute approximate surface area is 179 Å². The molecule has 0 radical (unpaired) electrons. The third-order valence-electron chi connectivity index (χ3n) is 4.32. The molecule has 2 aromatic carbocycles. The van der Waals surface area contributed by atoms with E-state index in [0.29, 0.717) is 22.4 Å². The summed E-state index contributed by atoms with van der Waals surface area (Å²) in [6, 6.07) is 15.3. The zero-order chi connectivity index (χ0) is 22.0. The molecule has 0 fully saturated rings. The first-order valence-corrected chi connectivity index (χ1v) is 9.90. The van der Waals surface area contributed by atoms with Gasteiger partial charge in [0.1, 0.15) is 16.9 Å². The maximum absolute atomic E-state index is 12.6. The normalized spacial score (nSPS) is 11.5. The van der Waals surface area contributed by atoms with Crippen LogP contribution in [-0.2, 0) is 0 Å². The molecule has 2 aromatic heterocycles. The van der Waals surface area contributed by atoms with E-state index in [9.17, 15) is 14.4 Å². The molecule has 9 nitrogen and oxygen atoms in total. The van der Waals surface area contributed by atoms with Gasteiger partial charge in [0.25, 0.3) is 5.91 Å². The lowest BCUT2D eigenvalue weighted by Crippen LogP contribution is -2.27. The van der Waals surface area contributed by atoms with Crippen LogP contribution in [0.1, 0.15) is 27.1 Å². The molecule has 0 unspecified atom stereocenters. The Morgan fingerprint density at radius 1 is 1.16 bits per heavy atom. The lowest BCUT2D eigenvalue weighted by molar-refractivity contribution is 0.0948. The molecule has 1 amide bonds. The molecule has 156 valence electrons. The summed E-state index contributed by atoms with van der Waals surface area (Å²) in [7, 11) is 1.55. The standard InChI is InChI=1S/C21H16N4O5S/c1-12(26)19-24-25(14-7-9-15(29-2)10-8-14)21(31-19)23-22-18(27)16-11-13-5-3-4-6-17(13)30-20(16)28/h3-11H,1-2H3,(H,22,27)/b23-21-. The van der Waals surface area contributed by atoms with Crippen molar-refractivity contribution in [2.24, 2.45) is 5.10 Å². The fourth-order valence-electron chi connectivity index (χ4n) is 2.77. The monoisotopic (exact) mass is 436 g/mol. The van der Waals surface area contributed by atoms with E-state index in [1.165, 1.54) is 17.7 Å². The van der Waals surface area contributed by atoms with Crippen LogP contribution in [-0.4, -0.2) is 28.6 Å². The number of aromatic nitrogens is 2. The van der Waals surface area contributed by atoms with Gasteiger partial charge in [0, 0.05) is 12.3 Å². The minimum absolute atomic E-state index is 0.185. The first-order valence-electron chi connectivity index (χ1n) is 9.09. The number of carbonyl (C=O) groups excluding carboxylic acids is 2. The van der Waals surface area contributed by atoms with Crippen molar-refractivity contribution >= 4 is 34.0 Å². The molecule has 0 spiro atoms. The minimum atomic E-state index is -0.775. The van der Waals surface area contributed by atoms with Gasteiger partial charge in [-0.1, -0.05) is 29.5 Å². The van der Waals surface area contributed by atoms with Gasteiger partial charge in [-0.05, 0) is 36.4 Å². The number of ether oxygens (including phenoxy) is 1. The smallest absolute Gasteiger partial charge is 0.349 e. The molecule has 4 rings (SSSR count). The summed E-state index contributed by atoms with van der Waals surface area (Å²) in [5.41, 5.74) is 2.38. The van der Waals surface area contributed by atoms with E-state index < -0.39 is 11.5 Å². The Kier molecular flexibility index (Phi) is 5.46. The second kappa shape index (κ2) is 8.36. The van der Waals surface area contributed by atoms with Gasteiger partial charge in [-0.2, -0.15) is 5.10 Å². The summed E-state index contributed by atoms with van der Waals surface area (Å²) in [6.45, 7) is 1.39. The molecular weight excluding hydrogens is 420 g/mol. The van der Waals surface area contributed by atoms with Crippen LogP contribution in [0, 0.1) is 0 Å². The van der Waals surface area contributed by atoms with Crippen molar-refractivity contribution in [1.29, 1.82) is 0 Å². The molecule has 1 N–H and O–H groups in total. The molecule has 31 heavy (non-hydrogen) atoms. The Balaban J connectivity index is 1.71. The molecule has 0 bridgehead atoms. The topological polar surface area (TPSA) is 116 Å². The maximum atomic E-state index is 12.6. The quantitative estimate of drug-likeness (QED) is 0.292. The Hall–Kier alpha value is -4.05. The molecule has 0 aliphatic rings. The summed E-state index contributed by atoms with van der Waals surface area (Å²) >= 11 is 1.00. The number of hydrogen-bond donors (Lipinski definition) is 1. The van der Waals surface area contributed by atoms with Crippen LogP contribution >= 0.6 is 11.3 Å². The Morgan fingerprint density at radius 3 is 2.61 bits per heavy atom. The van der Waals surface area contributed by atoms with Crippen LogP contribution in [0.4, 0.5) is 0 Å². The number of Topliss-reactive ketones (excluding diaryl/α,β-unsaturated/α-hetero) is 1. The number of nitrogens with one attached hydrogen (secondary N) is 1. The zero-order valence-electron chi connectivity index (χ0n) is 16.5. The van der Waals surface area contributed by atoms with Crippen molar-refractivity contribution < 1.29 is 18.7 Å². The van der Waals surface area contributed by atoms with Crippen LogP contribution in [0.5, 0.6) is 5.75 Å². The molecule has 10 heteroatoms. The minimum Gasteiger partial charge on any atom is -0.497 e. The van der Waals surface area contributed by atoms with E-state index in [2.05, 4.69) is 15.6 Å². The molecule has 4 aromatic rings. The lowest BCUT2D eigenvalue weighted by atomic mass is 10.2. The van der Waals surface area contributed by atoms with Gasteiger partial charge < -0.3 is 9.15 Å². The highest BCUT2D eigenvalue weighted by Crippen LogP contribution is 2.15. The number of benzene rings is 2. The van der Waals surface area contributed by atoms with Gasteiger partial charge in [0.15, 0.2) is 10.8 Å². The van der Waals surface area contributed by atoms with Crippen molar-refractivity contribution in [3.8, 4) is 11.4 Å². The second-order valence-corrected chi connectivity index (χ2v) is 7.35. The van der Waals surface area contributed by atoms with E-state index in [4.69, 9.17) is 9.15 Å². The number of ketones is 1. The van der Waals surface area contributed by atoms with Gasteiger partial charge in [-0.15, -0.1) is 5.10 Å². The van der Waals surface area contributed by atoms with Crippen LogP contribution in [0.15, 0.2) is 68.9 Å². The van der Waals surface area contributed by atoms with Crippen molar-refractivity contribution in [2.45, 2.75) is 6.92 Å². The highest BCUT2D eigenvalue weighted by atomic mass is 32.1. The van der Waals surface area contributed by atoms with E-state index in [-0.39, 0.29) is 21.2 Å². The summed E-state index contributed by atoms with van der Waals surface area (Å²) in [4.78, 5) is 36.8. The largest absolute Gasteiger partial charge is 0.497 e. The number of carbonyl (C=O) groups is 2. The van der Waals surface area contributed by atoms with Gasteiger partial charge in [-0.3, -0.25) is 9.59 Å².